The molecule has 0 N–H and O–H groups in total. The lowest BCUT2D eigenvalue weighted by atomic mass is 9.78. The summed E-state index contributed by atoms with van der Waals surface area (Å²) in [6, 6.07) is 47.7. The number of para-hydroxylation sites is 2. The minimum atomic E-state index is 0.492. The Kier molecular flexibility index (Phi) is 5.86. The Hall–Kier alpha value is -5.21. The Morgan fingerprint density at radius 1 is 0.595 bits per heavy atom. The molecule has 0 aliphatic heterocycles. The molecule has 0 amide bonds. The van der Waals surface area contributed by atoms with E-state index in [4.69, 9.17) is 4.98 Å². The molecular formula is C40H30N2. The number of imidazole rings is 1. The minimum Gasteiger partial charge on any atom is -0.292 e. The van der Waals surface area contributed by atoms with Gasteiger partial charge < -0.3 is 0 Å². The fourth-order valence-electron chi connectivity index (χ4n) is 6.65. The van der Waals surface area contributed by atoms with Crippen LogP contribution in [0.25, 0.3) is 67.2 Å². The summed E-state index contributed by atoms with van der Waals surface area (Å²) in [5, 5.41) is 2.61. The molecule has 1 aromatic heterocycles. The molecule has 1 atom stereocenters. The van der Waals surface area contributed by atoms with Crippen LogP contribution in [0.4, 0.5) is 0 Å². The second kappa shape index (κ2) is 10.0. The molecule has 0 saturated carbocycles. The van der Waals surface area contributed by atoms with Gasteiger partial charge in [0.2, 0.25) is 0 Å². The van der Waals surface area contributed by atoms with Crippen molar-refractivity contribution in [3.05, 3.63) is 151 Å². The van der Waals surface area contributed by atoms with Gasteiger partial charge in [0.05, 0.1) is 11.0 Å². The molecule has 0 spiro atoms. The molecule has 200 valence electrons. The lowest BCUT2D eigenvalue weighted by Gasteiger charge is -2.26. The van der Waals surface area contributed by atoms with E-state index in [1.54, 1.807) is 0 Å². The van der Waals surface area contributed by atoms with Gasteiger partial charge in [0.1, 0.15) is 5.82 Å². The fraction of sp³-hybridized carbons (Fsp3) is 0.0750. The smallest absolute Gasteiger partial charge is 0.145 e. The maximum Gasteiger partial charge on any atom is 0.145 e. The number of nitrogens with zero attached hydrogens (tertiary/aromatic N) is 2. The first-order chi connectivity index (χ1) is 20.8. The standard InChI is InChI=1S/C40H30N2/c1-27-20-25-34-35(26-27)39(33-17-9-8-16-32(33)38(34)28-12-4-2-5-13-28)29-21-23-31(24-22-29)42-37-19-11-10-18-36(37)41-40(42)30-14-6-3-7-15-30/h2-25,27H,26H2,1H3. The third-order valence-corrected chi connectivity index (χ3v) is 8.55. The van der Waals surface area contributed by atoms with E-state index < -0.39 is 0 Å². The first kappa shape index (κ1) is 24.6. The number of hydrogen-bond acceptors (Lipinski definition) is 1. The third-order valence-electron chi connectivity index (χ3n) is 8.55. The topological polar surface area (TPSA) is 17.8 Å². The fourth-order valence-corrected chi connectivity index (χ4v) is 6.65. The van der Waals surface area contributed by atoms with E-state index in [0.29, 0.717) is 5.92 Å². The first-order valence-electron chi connectivity index (χ1n) is 14.7. The SMILES string of the molecule is CC1C=Cc2c(c(-c3ccc(-n4c(-c5ccccc5)nc5ccccc54)cc3)c3ccccc3c2-c2ccccc2)C1. The number of fused-ring (bicyclic) bond motifs is 3. The zero-order chi connectivity index (χ0) is 28.0. The van der Waals surface area contributed by atoms with E-state index in [0.717, 1.165) is 34.5 Å². The molecule has 8 rings (SSSR count). The number of allylic oxidation sites excluding steroid dienone is 1. The molecule has 0 radical (unpaired) electrons. The van der Waals surface area contributed by atoms with Gasteiger partial charge in [-0.25, -0.2) is 4.98 Å². The van der Waals surface area contributed by atoms with Crippen molar-refractivity contribution in [3.8, 4) is 39.3 Å². The molecule has 1 heterocycles. The second-order valence-electron chi connectivity index (χ2n) is 11.3. The Morgan fingerprint density at radius 2 is 1.19 bits per heavy atom. The van der Waals surface area contributed by atoms with E-state index in [1.807, 2.05) is 0 Å². The Morgan fingerprint density at radius 3 is 1.93 bits per heavy atom. The van der Waals surface area contributed by atoms with Crippen LogP contribution in [0.1, 0.15) is 18.1 Å². The molecule has 0 bridgehead atoms. The monoisotopic (exact) mass is 538 g/mol. The zero-order valence-corrected chi connectivity index (χ0v) is 23.5. The predicted octanol–water partition coefficient (Wildman–Crippen LogP) is 10.4. The summed E-state index contributed by atoms with van der Waals surface area (Å²) in [6.45, 7) is 2.32. The summed E-state index contributed by atoms with van der Waals surface area (Å²) in [5.74, 6) is 1.45. The molecular weight excluding hydrogens is 508 g/mol. The van der Waals surface area contributed by atoms with Gasteiger partial charge in [-0.2, -0.15) is 0 Å². The van der Waals surface area contributed by atoms with Crippen LogP contribution in [0.15, 0.2) is 140 Å². The number of benzene rings is 6. The van der Waals surface area contributed by atoms with Crippen LogP contribution in [0.2, 0.25) is 0 Å². The molecule has 2 heteroatoms. The predicted molar refractivity (Wildman–Crippen MR) is 177 cm³/mol. The summed E-state index contributed by atoms with van der Waals surface area (Å²) >= 11 is 0. The summed E-state index contributed by atoms with van der Waals surface area (Å²) in [6.07, 6.45) is 5.75. The quantitative estimate of drug-likeness (QED) is 0.218. The highest BCUT2D eigenvalue weighted by atomic mass is 15.1. The van der Waals surface area contributed by atoms with Crippen molar-refractivity contribution in [2.45, 2.75) is 13.3 Å². The van der Waals surface area contributed by atoms with Gasteiger partial charge >= 0.3 is 0 Å². The van der Waals surface area contributed by atoms with Crippen molar-refractivity contribution in [1.82, 2.24) is 9.55 Å². The van der Waals surface area contributed by atoms with Gasteiger partial charge in [-0.3, -0.25) is 4.57 Å². The minimum absolute atomic E-state index is 0.492. The Labute approximate surface area is 246 Å². The van der Waals surface area contributed by atoms with Crippen LogP contribution in [0.5, 0.6) is 0 Å². The van der Waals surface area contributed by atoms with Gasteiger partial charge in [-0.15, -0.1) is 0 Å². The van der Waals surface area contributed by atoms with E-state index in [9.17, 15) is 0 Å². The van der Waals surface area contributed by atoms with E-state index in [2.05, 4.69) is 157 Å². The average Bonchev–Trinajstić information content (AvgIpc) is 3.44. The van der Waals surface area contributed by atoms with Crippen molar-refractivity contribution in [2.75, 3.05) is 0 Å². The van der Waals surface area contributed by atoms with Crippen LogP contribution in [-0.2, 0) is 6.42 Å². The third kappa shape index (κ3) is 3.99. The van der Waals surface area contributed by atoms with Crippen LogP contribution in [0, 0.1) is 5.92 Å². The highest BCUT2D eigenvalue weighted by Gasteiger charge is 2.23. The molecule has 1 aliphatic rings. The van der Waals surface area contributed by atoms with Crippen LogP contribution in [0.3, 0.4) is 0 Å². The highest BCUT2D eigenvalue weighted by Crippen LogP contribution is 2.45. The summed E-state index contributed by atoms with van der Waals surface area (Å²) in [4.78, 5) is 5.04. The van der Waals surface area contributed by atoms with Gasteiger partial charge in [0.15, 0.2) is 0 Å². The first-order valence-corrected chi connectivity index (χ1v) is 14.7. The van der Waals surface area contributed by atoms with E-state index in [-0.39, 0.29) is 0 Å². The molecule has 1 unspecified atom stereocenters. The molecule has 0 fully saturated rings. The average molecular weight is 539 g/mol. The van der Waals surface area contributed by atoms with Crippen molar-refractivity contribution >= 4 is 27.9 Å². The summed E-state index contributed by atoms with van der Waals surface area (Å²) in [7, 11) is 0. The van der Waals surface area contributed by atoms with Crippen molar-refractivity contribution in [1.29, 1.82) is 0 Å². The van der Waals surface area contributed by atoms with Crippen LogP contribution >= 0.6 is 0 Å². The number of aromatic nitrogens is 2. The molecule has 42 heavy (non-hydrogen) atoms. The molecule has 0 saturated heterocycles. The number of hydrogen-bond donors (Lipinski definition) is 0. The maximum absolute atomic E-state index is 5.04. The molecule has 6 aromatic carbocycles. The Balaban J connectivity index is 1.34. The normalized spacial score (nSPS) is 14.4. The van der Waals surface area contributed by atoms with E-state index >= 15 is 0 Å². The van der Waals surface area contributed by atoms with Gasteiger partial charge in [-0.05, 0) is 80.8 Å². The maximum atomic E-state index is 5.04. The van der Waals surface area contributed by atoms with Crippen molar-refractivity contribution < 1.29 is 0 Å². The largest absolute Gasteiger partial charge is 0.292 e. The van der Waals surface area contributed by atoms with Crippen molar-refractivity contribution in [2.24, 2.45) is 5.92 Å². The van der Waals surface area contributed by atoms with Crippen LogP contribution in [-0.4, -0.2) is 9.55 Å². The van der Waals surface area contributed by atoms with Crippen LogP contribution < -0.4 is 0 Å². The highest BCUT2D eigenvalue weighted by molar-refractivity contribution is 6.10. The van der Waals surface area contributed by atoms with Crippen molar-refractivity contribution in [3.63, 3.8) is 0 Å². The molecule has 2 nitrogen and oxygen atoms in total. The van der Waals surface area contributed by atoms with Gasteiger partial charge in [-0.1, -0.05) is 128 Å². The Bertz CT molecular complexity index is 2100. The van der Waals surface area contributed by atoms with Gasteiger partial charge in [0, 0.05) is 11.3 Å². The second-order valence-corrected chi connectivity index (χ2v) is 11.3. The van der Waals surface area contributed by atoms with Gasteiger partial charge in [0.25, 0.3) is 0 Å². The summed E-state index contributed by atoms with van der Waals surface area (Å²) < 4.78 is 2.28. The summed E-state index contributed by atoms with van der Waals surface area (Å²) in [5.41, 5.74) is 12.3. The zero-order valence-electron chi connectivity index (χ0n) is 23.5. The molecule has 7 aromatic rings. The van der Waals surface area contributed by atoms with E-state index in [1.165, 1.54) is 44.2 Å². The lowest BCUT2D eigenvalue weighted by molar-refractivity contribution is 0.719. The number of rotatable bonds is 4. The lowest BCUT2D eigenvalue weighted by Crippen LogP contribution is -2.08. The molecule has 1 aliphatic carbocycles.